The van der Waals surface area contributed by atoms with Gasteiger partial charge < -0.3 is 14.2 Å². The van der Waals surface area contributed by atoms with E-state index in [0.717, 1.165) is 22.2 Å². The molecule has 3 heterocycles. The molecule has 5 rings (SSSR count). The normalized spacial score (nSPS) is 21.1. The predicted molar refractivity (Wildman–Crippen MR) is 114 cm³/mol. The number of hydrogen-bond acceptors (Lipinski definition) is 6. The lowest BCUT2D eigenvalue weighted by molar-refractivity contribution is -0.171. The van der Waals surface area contributed by atoms with Crippen molar-refractivity contribution in [3.8, 4) is 5.75 Å². The monoisotopic (exact) mass is 416 g/mol. The average Bonchev–Trinajstić information content (AvgIpc) is 3.08. The molecule has 7 heteroatoms. The van der Waals surface area contributed by atoms with Gasteiger partial charge >= 0.3 is 0 Å². The van der Waals surface area contributed by atoms with Crippen LogP contribution in [0.5, 0.6) is 5.75 Å². The van der Waals surface area contributed by atoms with Gasteiger partial charge in [-0.25, -0.2) is 0 Å². The maximum absolute atomic E-state index is 12.6. The van der Waals surface area contributed by atoms with Crippen molar-refractivity contribution in [2.75, 3.05) is 20.3 Å². The summed E-state index contributed by atoms with van der Waals surface area (Å²) < 4.78 is 16.9. The molecule has 1 saturated heterocycles. The van der Waals surface area contributed by atoms with Crippen molar-refractivity contribution in [2.24, 2.45) is 0 Å². The number of methoxy groups -OCH3 is 1. The summed E-state index contributed by atoms with van der Waals surface area (Å²) in [6.07, 6.45) is 4.90. The van der Waals surface area contributed by atoms with Gasteiger partial charge in [0.2, 0.25) is 0 Å². The van der Waals surface area contributed by atoms with E-state index in [1.54, 1.807) is 37.6 Å². The Balaban J connectivity index is 1.28. The second-order valence-electron chi connectivity index (χ2n) is 7.36. The fourth-order valence-electron chi connectivity index (χ4n) is 3.91. The van der Waals surface area contributed by atoms with Crippen LogP contribution >= 0.6 is 0 Å². The van der Waals surface area contributed by atoms with Gasteiger partial charge in [-0.15, -0.1) is 0 Å². The molecule has 1 aromatic heterocycles. The van der Waals surface area contributed by atoms with Crippen LogP contribution in [0.4, 0.5) is 0 Å². The minimum Gasteiger partial charge on any atom is -0.497 e. The number of fused-ring (bicyclic) bond motifs is 2. The smallest absolute Gasteiger partial charge is 0.261 e. The number of aromatic nitrogens is 1. The molecule has 0 unspecified atom stereocenters. The largest absolute Gasteiger partial charge is 0.497 e. The number of hydrogen-bond donors (Lipinski definition) is 0. The van der Waals surface area contributed by atoms with Crippen LogP contribution in [0.25, 0.3) is 17.0 Å². The molecule has 2 aliphatic rings. The van der Waals surface area contributed by atoms with Gasteiger partial charge in [-0.1, -0.05) is 18.2 Å². The van der Waals surface area contributed by atoms with E-state index in [1.165, 1.54) is 4.90 Å². The molecule has 1 fully saturated rings. The lowest BCUT2D eigenvalue weighted by atomic mass is 10.1. The maximum Gasteiger partial charge on any atom is 0.261 e. The third kappa shape index (κ3) is 3.48. The Morgan fingerprint density at radius 2 is 1.74 bits per heavy atom. The number of imide groups is 1. The molecule has 0 saturated carbocycles. The summed E-state index contributed by atoms with van der Waals surface area (Å²) in [4.78, 5) is 30.9. The highest BCUT2D eigenvalue weighted by atomic mass is 16.7. The minimum atomic E-state index is -0.569. The standard InChI is InChI=1S/C24H20N2O5/c1-29-17-7-8-21-20(12-17)15(10-11-25-21)6-9-22-30-13-16(14-31-22)26-23(27)18-4-2-3-5-19(18)24(26)28/h2-12,16,22H,13-14H2,1H3/b9-6+/t16-,22-. The van der Waals surface area contributed by atoms with E-state index in [2.05, 4.69) is 4.98 Å². The summed E-state index contributed by atoms with van der Waals surface area (Å²) in [6, 6.07) is 14.0. The van der Waals surface area contributed by atoms with Crippen LogP contribution in [-0.2, 0) is 9.47 Å². The Kier molecular flexibility index (Phi) is 4.97. The van der Waals surface area contributed by atoms with Gasteiger partial charge in [0.25, 0.3) is 11.8 Å². The number of ether oxygens (including phenoxy) is 3. The minimum absolute atomic E-state index is 0.214. The van der Waals surface area contributed by atoms with Crippen LogP contribution in [-0.4, -0.2) is 54.4 Å². The first kappa shape index (κ1) is 19.4. The Bertz CT molecular complexity index is 1160. The molecule has 3 aromatic rings. The summed E-state index contributed by atoms with van der Waals surface area (Å²) in [5.41, 5.74) is 2.67. The second-order valence-corrected chi connectivity index (χ2v) is 7.36. The van der Waals surface area contributed by atoms with Crippen molar-refractivity contribution in [3.63, 3.8) is 0 Å². The Morgan fingerprint density at radius 1 is 1.03 bits per heavy atom. The van der Waals surface area contributed by atoms with Gasteiger partial charge in [0.1, 0.15) is 5.75 Å². The van der Waals surface area contributed by atoms with Crippen molar-refractivity contribution in [2.45, 2.75) is 12.3 Å². The van der Waals surface area contributed by atoms with Crippen LogP contribution < -0.4 is 4.74 Å². The average molecular weight is 416 g/mol. The summed E-state index contributed by atoms with van der Waals surface area (Å²) in [7, 11) is 1.63. The molecule has 0 N–H and O–H groups in total. The zero-order valence-corrected chi connectivity index (χ0v) is 16.9. The SMILES string of the molecule is COc1ccc2nccc(/C=C/[C@H]3OC[C@H](N4C(=O)c5ccccc5C4=O)CO3)c2c1. The van der Waals surface area contributed by atoms with Crippen LogP contribution in [0, 0.1) is 0 Å². The summed E-state index contributed by atoms with van der Waals surface area (Å²) in [5, 5.41) is 0.956. The molecule has 2 aromatic carbocycles. The van der Waals surface area contributed by atoms with E-state index in [-0.39, 0.29) is 25.0 Å². The Labute approximate surface area is 178 Å². The Hall–Kier alpha value is -3.55. The second kappa shape index (κ2) is 7.94. The topological polar surface area (TPSA) is 78.0 Å². The number of amides is 2. The molecule has 0 atom stereocenters. The third-order valence-electron chi connectivity index (χ3n) is 5.51. The van der Waals surface area contributed by atoms with Crippen molar-refractivity contribution in [3.05, 3.63) is 77.5 Å². The first-order chi connectivity index (χ1) is 15.2. The first-order valence-corrected chi connectivity index (χ1v) is 9.97. The summed E-state index contributed by atoms with van der Waals surface area (Å²) >= 11 is 0. The van der Waals surface area contributed by atoms with Crippen molar-refractivity contribution < 1.29 is 23.8 Å². The molecule has 0 radical (unpaired) electrons. The van der Waals surface area contributed by atoms with Crippen LogP contribution in [0.15, 0.2) is 60.8 Å². The fourth-order valence-corrected chi connectivity index (χ4v) is 3.91. The van der Waals surface area contributed by atoms with Gasteiger partial charge in [0.15, 0.2) is 6.29 Å². The highest BCUT2D eigenvalue weighted by Gasteiger charge is 2.41. The number of benzene rings is 2. The number of carbonyl (C=O) groups is 2. The van der Waals surface area contributed by atoms with E-state index in [4.69, 9.17) is 14.2 Å². The lowest BCUT2D eigenvalue weighted by Crippen LogP contribution is -2.49. The Morgan fingerprint density at radius 3 is 2.42 bits per heavy atom. The molecular formula is C24H20N2O5. The van der Waals surface area contributed by atoms with Crippen LogP contribution in [0.2, 0.25) is 0 Å². The van der Waals surface area contributed by atoms with Crippen LogP contribution in [0.1, 0.15) is 26.3 Å². The number of rotatable bonds is 4. The third-order valence-corrected chi connectivity index (χ3v) is 5.51. The van der Waals surface area contributed by atoms with Gasteiger partial charge in [0.05, 0.1) is 43.0 Å². The molecule has 31 heavy (non-hydrogen) atoms. The van der Waals surface area contributed by atoms with E-state index < -0.39 is 12.3 Å². The molecular weight excluding hydrogens is 396 g/mol. The van der Waals surface area contributed by atoms with Crippen molar-refractivity contribution >= 4 is 28.8 Å². The number of carbonyl (C=O) groups excluding carboxylic acids is 2. The molecule has 0 spiro atoms. The maximum atomic E-state index is 12.6. The lowest BCUT2D eigenvalue weighted by Gasteiger charge is -2.32. The zero-order chi connectivity index (χ0) is 21.4. The first-order valence-electron chi connectivity index (χ1n) is 9.97. The molecule has 2 amide bonds. The highest BCUT2D eigenvalue weighted by Crippen LogP contribution is 2.27. The van der Waals surface area contributed by atoms with E-state index in [1.807, 2.05) is 36.4 Å². The van der Waals surface area contributed by atoms with E-state index in [0.29, 0.717) is 11.1 Å². The number of pyridine rings is 1. The number of nitrogens with zero attached hydrogens (tertiary/aromatic N) is 2. The predicted octanol–water partition coefficient (Wildman–Crippen LogP) is 3.29. The molecule has 7 nitrogen and oxygen atoms in total. The molecule has 2 aliphatic heterocycles. The zero-order valence-electron chi connectivity index (χ0n) is 16.9. The highest BCUT2D eigenvalue weighted by molar-refractivity contribution is 6.21. The van der Waals surface area contributed by atoms with Gasteiger partial charge in [-0.05, 0) is 48.0 Å². The summed E-state index contributed by atoms with van der Waals surface area (Å²) in [6.45, 7) is 0.427. The van der Waals surface area contributed by atoms with Crippen molar-refractivity contribution in [1.82, 2.24) is 9.88 Å². The van der Waals surface area contributed by atoms with E-state index in [9.17, 15) is 9.59 Å². The molecule has 0 bridgehead atoms. The van der Waals surface area contributed by atoms with Gasteiger partial charge in [-0.3, -0.25) is 19.5 Å². The molecule has 0 aliphatic carbocycles. The van der Waals surface area contributed by atoms with Crippen molar-refractivity contribution in [1.29, 1.82) is 0 Å². The summed E-state index contributed by atoms with van der Waals surface area (Å²) in [5.74, 6) is 0.150. The fraction of sp³-hybridized carbons (Fsp3) is 0.208. The van der Waals surface area contributed by atoms with Gasteiger partial charge in [-0.2, -0.15) is 0 Å². The van der Waals surface area contributed by atoms with E-state index >= 15 is 0 Å². The quantitative estimate of drug-likeness (QED) is 0.608. The molecule has 156 valence electrons. The van der Waals surface area contributed by atoms with Gasteiger partial charge in [0, 0.05) is 11.6 Å². The van der Waals surface area contributed by atoms with Crippen LogP contribution in [0.3, 0.4) is 0 Å².